The highest BCUT2D eigenvalue weighted by Gasteiger charge is 2.21. The number of nitrogens with zero attached hydrogens (tertiary/aromatic N) is 1. The molecule has 0 aliphatic rings. The second kappa shape index (κ2) is 6.64. The first-order valence-electron chi connectivity index (χ1n) is 7.16. The van der Waals surface area contributed by atoms with E-state index in [1.165, 1.54) is 6.08 Å². The molecule has 3 aromatic rings. The van der Waals surface area contributed by atoms with Crippen molar-refractivity contribution in [2.75, 3.05) is 0 Å². The summed E-state index contributed by atoms with van der Waals surface area (Å²) in [4.78, 5) is 27.8. The van der Waals surface area contributed by atoms with Crippen LogP contribution >= 0.6 is 11.6 Å². The Balaban J connectivity index is 2.18. The van der Waals surface area contributed by atoms with Gasteiger partial charge in [0.25, 0.3) is 5.78 Å². The van der Waals surface area contributed by atoms with Crippen LogP contribution in [0.15, 0.2) is 60.7 Å². The normalized spacial score (nSPS) is 11.5. The van der Waals surface area contributed by atoms with Gasteiger partial charge in [-0.3, -0.25) is 4.79 Å². The number of benzene rings is 2. The Morgan fingerprint density at radius 1 is 0.958 bits per heavy atom. The van der Waals surface area contributed by atoms with Gasteiger partial charge >= 0.3 is 5.97 Å². The van der Waals surface area contributed by atoms with Crippen LogP contribution in [-0.2, 0) is 9.59 Å². The summed E-state index contributed by atoms with van der Waals surface area (Å²) in [5, 5.41) is 10.5. The zero-order valence-electron chi connectivity index (χ0n) is 12.4. The lowest BCUT2D eigenvalue weighted by Gasteiger charge is -2.06. The third-order valence-corrected chi connectivity index (χ3v) is 3.86. The van der Waals surface area contributed by atoms with Crippen molar-refractivity contribution in [2.24, 2.45) is 0 Å². The molecule has 0 atom stereocenters. The van der Waals surface area contributed by atoms with Crippen LogP contribution in [0, 0.1) is 0 Å². The molecule has 1 aromatic heterocycles. The van der Waals surface area contributed by atoms with Crippen molar-refractivity contribution in [3.05, 3.63) is 76.9 Å². The van der Waals surface area contributed by atoms with Gasteiger partial charge in [0.05, 0.1) is 16.8 Å². The maximum atomic E-state index is 12.1. The minimum absolute atomic E-state index is 0.0126. The predicted octanol–water partition coefficient (Wildman–Crippen LogP) is 4.08. The summed E-state index contributed by atoms with van der Waals surface area (Å²) in [6, 6.07) is 17.7. The Labute approximate surface area is 143 Å². The lowest BCUT2D eigenvalue weighted by atomic mass is 10.0. The van der Waals surface area contributed by atoms with Crippen LogP contribution in [0.2, 0.25) is 5.02 Å². The molecule has 2 aromatic carbocycles. The number of carbonyl (C=O) groups is 2. The van der Waals surface area contributed by atoms with E-state index in [0.29, 0.717) is 21.8 Å². The third kappa shape index (κ3) is 3.19. The van der Waals surface area contributed by atoms with Gasteiger partial charge in [-0.2, -0.15) is 0 Å². The molecule has 0 fully saturated rings. The summed E-state index contributed by atoms with van der Waals surface area (Å²) in [6.45, 7) is 0. The van der Waals surface area contributed by atoms with E-state index in [0.717, 1.165) is 5.39 Å². The molecule has 0 spiro atoms. The number of carboxylic acids is 1. The first-order chi connectivity index (χ1) is 11.6. The number of Topliss-reactive ketones (excluding diaryl/α,β-unsaturated/α-hetero) is 1. The van der Waals surface area contributed by atoms with E-state index in [4.69, 9.17) is 16.7 Å². The average Bonchev–Trinajstić information content (AvgIpc) is 2.60. The molecule has 4 nitrogen and oxygen atoms in total. The number of halogens is 1. The molecule has 24 heavy (non-hydrogen) atoms. The third-order valence-electron chi connectivity index (χ3n) is 3.52. The van der Waals surface area contributed by atoms with Gasteiger partial charge in [-0.15, -0.1) is 0 Å². The predicted molar refractivity (Wildman–Crippen MR) is 93.7 cm³/mol. The monoisotopic (exact) mass is 337 g/mol. The van der Waals surface area contributed by atoms with Crippen LogP contribution in [0.3, 0.4) is 0 Å². The largest absolute Gasteiger partial charge is 0.475 e. The highest BCUT2D eigenvalue weighted by molar-refractivity contribution is 6.53. The number of hydrogen-bond donors (Lipinski definition) is 1. The average molecular weight is 338 g/mol. The summed E-state index contributed by atoms with van der Waals surface area (Å²) in [6.07, 6.45) is 1.45. The molecule has 1 heterocycles. The van der Waals surface area contributed by atoms with Gasteiger partial charge in [-0.05, 0) is 29.8 Å². The van der Waals surface area contributed by atoms with Crippen molar-refractivity contribution in [1.82, 2.24) is 4.98 Å². The number of rotatable bonds is 4. The van der Waals surface area contributed by atoms with E-state index < -0.39 is 11.8 Å². The molecule has 0 aliphatic heterocycles. The molecule has 0 bridgehead atoms. The van der Waals surface area contributed by atoms with Crippen LogP contribution in [0.1, 0.15) is 11.3 Å². The summed E-state index contributed by atoms with van der Waals surface area (Å²) in [5.41, 5.74) is 1.51. The van der Waals surface area contributed by atoms with Gasteiger partial charge in [0.1, 0.15) is 0 Å². The summed E-state index contributed by atoms with van der Waals surface area (Å²) in [5.74, 6) is -2.57. The first kappa shape index (κ1) is 15.9. The van der Waals surface area contributed by atoms with Gasteiger partial charge in [-0.25, -0.2) is 9.78 Å². The molecule has 118 valence electrons. The molecule has 0 aliphatic carbocycles. The Bertz CT molecular complexity index is 979. The molecule has 0 radical (unpaired) electrons. The van der Waals surface area contributed by atoms with Crippen LogP contribution in [0.25, 0.3) is 22.6 Å². The Kier molecular flexibility index (Phi) is 4.40. The standard InChI is InChI=1S/C19H12ClNO3/c20-15-7-3-1-6-13(15)11-14(18(22)19(23)24)17-10-9-12-5-2-4-8-16(12)21-17/h1-11H,(H,23,24). The van der Waals surface area contributed by atoms with Crippen LogP contribution in [0.5, 0.6) is 0 Å². The number of ketones is 1. The van der Waals surface area contributed by atoms with Crippen LogP contribution < -0.4 is 0 Å². The molecule has 0 unspecified atom stereocenters. The maximum Gasteiger partial charge on any atom is 0.377 e. The molecule has 0 saturated heterocycles. The number of hydrogen-bond acceptors (Lipinski definition) is 3. The minimum Gasteiger partial charge on any atom is -0.475 e. The number of carboxylic acid groups (broad SMARTS) is 1. The maximum absolute atomic E-state index is 12.1. The number of fused-ring (bicyclic) bond motifs is 1. The zero-order valence-corrected chi connectivity index (χ0v) is 13.2. The second-order valence-corrected chi connectivity index (χ2v) is 5.51. The van der Waals surface area contributed by atoms with Gasteiger partial charge in [0.15, 0.2) is 0 Å². The van der Waals surface area contributed by atoms with Gasteiger partial charge in [-0.1, -0.05) is 54.1 Å². The van der Waals surface area contributed by atoms with Crippen LogP contribution in [0.4, 0.5) is 0 Å². The fourth-order valence-electron chi connectivity index (χ4n) is 2.33. The topological polar surface area (TPSA) is 67.3 Å². The molecule has 0 amide bonds. The molecule has 1 N–H and O–H groups in total. The SMILES string of the molecule is O=C(O)C(=O)C(=Cc1ccccc1Cl)c1ccc2ccccc2n1. The smallest absolute Gasteiger partial charge is 0.377 e. The quantitative estimate of drug-likeness (QED) is 0.575. The van der Waals surface area contributed by atoms with Gasteiger partial charge < -0.3 is 5.11 Å². The Morgan fingerprint density at radius 3 is 2.42 bits per heavy atom. The van der Waals surface area contributed by atoms with E-state index in [9.17, 15) is 9.59 Å². The summed E-state index contributed by atoms with van der Waals surface area (Å²) in [7, 11) is 0. The molecular weight excluding hydrogens is 326 g/mol. The van der Waals surface area contributed by atoms with E-state index >= 15 is 0 Å². The number of aromatic nitrogens is 1. The zero-order chi connectivity index (χ0) is 17.1. The van der Waals surface area contributed by atoms with Crippen molar-refractivity contribution in [3.63, 3.8) is 0 Å². The minimum atomic E-state index is -1.54. The lowest BCUT2D eigenvalue weighted by Crippen LogP contribution is -2.15. The Hall–Kier alpha value is -2.98. The fraction of sp³-hybridized carbons (Fsp3) is 0. The van der Waals surface area contributed by atoms with E-state index in [-0.39, 0.29) is 5.57 Å². The molecule has 0 saturated carbocycles. The number of para-hydroxylation sites is 1. The lowest BCUT2D eigenvalue weighted by molar-refractivity contribution is -0.146. The van der Waals surface area contributed by atoms with E-state index in [2.05, 4.69) is 4.98 Å². The Morgan fingerprint density at radius 2 is 1.67 bits per heavy atom. The number of carbonyl (C=O) groups excluding carboxylic acids is 1. The van der Waals surface area contributed by atoms with Crippen molar-refractivity contribution in [1.29, 1.82) is 0 Å². The highest BCUT2D eigenvalue weighted by atomic mass is 35.5. The summed E-state index contributed by atoms with van der Waals surface area (Å²) < 4.78 is 0. The van der Waals surface area contributed by atoms with E-state index in [1.807, 2.05) is 18.2 Å². The molecule has 3 rings (SSSR count). The summed E-state index contributed by atoms with van der Waals surface area (Å²) >= 11 is 6.11. The molecule has 5 heteroatoms. The van der Waals surface area contributed by atoms with Gasteiger partial charge in [0, 0.05) is 10.4 Å². The van der Waals surface area contributed by atoms with Gasteiger partial charge in [0.2, 0.25) is 0 Å². The first-order valence-corrected chi connectivity index (χ1v) is 7.54. The van der Waals surface area contributed by atoms with Crippen molar-refractivity contribution in [2.45, 2.75) is 0 Å². The molecular formula is C19H12ClNO3. The number of pyridine rings is 1. The fourth-order valence-corrected chi connectivity index (χ4v) is 2.52. The van der Waals surface area contributed by atoms with Crippen LogP contribution in [-0.4, -0.2) is 21.8 Å². The van der Waals surface area contributed by atoms with E-state index in [1.54, 1.807) is 42.5 Å². The van der Waals surface area contributed by atoms with Crippen molar-refractivity contribution < 1.29 is 14.7 Å². The van der Waals surface area contributed by atoms with Crippen molar-refractivity contribution >= 4 is 45.9 Å². The van der Waals surface area contributed by atoms with Crippen molar-refractivity contribution in [3.8, 4) is 0 Å². The highest BCUT2D eigenvalue weighted by Crippen LogP contribution is 2.24. The number of aliphatic carboxylic acids is 1. The second-order valence-electron chi connectivity index (χ2n) is 5.10.